The third-order valence-corrected chi connectivity index (χ3v) is 4.68. The molecule has 5 nitrogen and oxygen atoms in total. The number of aliphatic imine (C=N–C) groups is 1. The molecule has 0 aliphatic carbocycles. The van der Waals surface area contributed by atoms with Crippen molar-refractivity contribution in [2.45, 2.75) is 13.5 Å². The summed E-state index contributed by atoms with van der Waals surface area (Å²) >= 11 is 2.04. The molecule has 1 aliphatic heterocycles. The predicted octanol–water partition coefficient (Wildman–Crippen LogP) is 2.56. The fourth-order valence-electron chi connectivity index (χ4n) is 2.44. The van der Waals surface area contributed by atoms with Gasteiger partial charge in [-0.3, -0.25) is 4.99 Å². The monoisotopic (exact) mass is 464 g/mol. The Balaban J connectivity index is 0.00000288. The van der Waals surface area contributed by atoms with Gasteiger partial charge in [-0.1, -0.05) is 12.1 Å². The van der Waals surface area contributed by atoms with Crippen LogP contribution in [0.25, 0.3) is 0 Å². The van der Waals surface area contributed by atoms with E-state index in [-0.39, 0.29) is 24.0 Å². The maximum Gasteiger partial charge on any atom is 0.191 e. The number of halogens is 1. The van der Waals surface area contributed by atoms with E-state index in [1.54, 1.807) is 7.05 Å². The molecule has 1 aromatic carbocycles. The summed E-state index contributed by atoms with van der Waals surface area (Å²) in [7, 11) is 1.79. The van der Waals surface area contributed by atoms with Crippen molar-refractivity contribution in [2.75, 3.05) is 56.3 Å². The van der Waals surface area contributed by atoms with Gasteiger partial charge in [-0.2, -0.15) is 11.8 Å². The number of hydrogen-bond acceptors (Lipinski definition) is 4. The molecule has 0 radical (unpaired) electrons. The summed E-state index contributed by atoms with van der Waals surface area (Å²) in [5.74, 6) is 3.27. The molecule has 0 unspecified atom stereocenters. The number of guanidine groups is 1. The van der Waals surface area contributed by atoms with E-state index in [1.165, 1.54) is 22.8 Å². The van der Waals surface area contributed by atoms with Gasteiger partial charge in [-0.25, -0.2) is 0 Å². The standard InChI is InChI=1S/C17H28N4OS.HI/c1-3-22-11-8-19-17(18-2)20-14-15-4-6-16(7-5-15)21-9-12-23-13-10-21;/h4-7H,3,8-14H2,1-2H3,(H2,18,19,20);1H. The van der Waals surface area contributed by atoms with Crippen molar-refractivity contribution in [2.24, 2.45) is 4.99 Å². The fraction of sp³-hybridized carbons (Fsp3) is 0.588. The average Bonchev–Trinajstić information content (AvgIpc) is 2.62. The average molecular weight is 464 g/mol. The lowest BCUT2D eigenvalue weighted by atomic mass is 10.2. The summed E-state index contributed by atoms with van der Waals surface area (Å²) in [6.45, 7) is 7.27. The van der Waals surface area contributed by atoms with Crippen molar-refractivity contribution in [3.05, 3.63) is 29.8 Å². The number of thioether (sulfide) groups is 1. The first-order chi connectivity index (χ1) is 11.3. The van der Waals surface area contributed by atoms with Crippen LogP contribution in [0.3, 0.4) is 0 Å². The third kappa shape index (κ3) is 7.48. The van der Waals surface area contributed by atoms with Crippen LogP contribution in [-0.4, -0.2) is 57.4 Å². The van der Waals surface area contributed by atoms with Crippen molar-refractivity contribution in [3.8, 4) is 0 Å². The molecule has 1 saturated heterocycles. The predicted molar refractivity (Wildman–Crippen MR) is 116 cm³/mol. The van der Waals surface area contributed by atoms with Gasteiger partial charge in [0.05, 0.1) is 6.61 Å². The highest BCUT2D eigenvalue weighted by Crippen LogP contribution is 2.19. The molecule has 0 amide bonds. The van der Waals surface area contributed by atoms with Crippen LogP contribution >= 0.6 is 35.7 Å². The van der Waals surface area contributed by atoms with E-state index in [1.807, 2.05) is 18.7 Å². The Hall–Kier alpha value is -0.670. The Morgan fingerprint density at radius 2 is 1.92 bits per heavy atom. The molecule has 0 atom stereocenters. The summed E-state index contributed by atoms with van der Waals surface area (Å²) in [6, 6.07) is 8.83. The lowest BCUT2D eigenvalue weighted by molar-refractivity contribution is 0.152. The van der Waals surface area contributed by atoms with Gasteiger partial charge in [0.25, 0.3) is 0 Å². The topological polar surface area (TPSA) is 48.9 Å². The Morgan fingerprint density at radius 3 is 2.54 bits per heavy atom. The number of ether oxygens (including phenoxy) is 1. The van der Waals surface area contributed by atoms with Crippen molar-refractivity contribution in [3.63, 3.8) is 0 Å². The van der Waals surface area contributed by atoms with Gasteiger partial charge >= 0.3 is 0 Å². The van der Waals surface area contributed by atoms with Gasteiger partial charge in [0.15, 0.2) is 5.96 Å². The Kier molecular flexibility index (Phi) is 11.3. The third-order valence-electron chi connectivity index (χ3n) is 3.74. The number of nitrogens with one attached hydrogen (secondary N) is 2. The van der Waals surface area contributed by atoms with Crippen LogP contribution in [0.1, 0.15) is 12.5 Å². The minimum absolute atomic E-state index is 0. The van der Waals surface area contributed by atoms with Crippen LogP contribution in [0.4, 0.5) is 5.69 Å². The smallest absolute Gasteiger partial charge is 0.191 e. The molecule has 1 aliphatic rings. The molecule has 136 valence electrons. The quantitative estimate of drug-likeness (QED) is 0.281. The Morgan fingerprint density at radius 1 is 1.21 bits per heavy atom. The molecule has 0 saturated carbocycles. The second kappa shape index (κ2) is 12.7. The first kappa shape index (κ1) is 21.4. The van der Waals surface area contributed by atoms with Crippen LogP contribution in [0.2, 0.25) is 0 Å². The largest absolute Gasteiger partial charge is 0.380 e. The number of anilines is 1. The summed E-state index contributed by atoms with van der Waals surface area (Å²) in [4.78, 5) is 6.68. The first-order valence-electron chi connectivity index (χ1n) is 8.27. The van der Waals surface area contributed by atoms with Gasteiger partial charge < -0.3 is 20.3 Å². The highest BCUT2D eigenvalue weighted by Gasteiger charge is 2.10. The van der Waals surface area contributed by atoms with Crippen LogP contribution in [0, 0.1) is 0 Å². The second-order valence-corrected chi connectivity index (χ2v) is 6.54. The van der Waals surface area contributed by atoms with Crippen LogP contribution in [-0.2, 0) is 11.3 Å². The zero-order chi connectivity index (χ0) is 16.3. The van der Waals surface area contributed by atoms with Crippen molar-refractivity contribution >= 4 is 47.4 Å². The normalized spacial score (nSPS) is 14.9. The van der Waals surface area contributed by atoms with E-state index >= 15 is 0 Å². The van der Waals surface area contributed by atoms with E-state index in [4.69, 9.17) is 4.74 Å². The van der Waals surface area contributed by atoms with E-state index < -0.39 is 0 Å². The number of rotatable bonds is 7. The van der Waals surface area contributed by atoms with E-state index in [0.717, 1.165) is 38.7 Å². The first-order valence-corrected chi connectivity index (χ1v) is 9.43. The molecule has 1 aromatic rings. The molecular weight excluding hydrogens is 435 g/mol. The fourth-order valence-corrected chi connectivity index (χ4v) is 3.34. The number of benzene rings is 1. The van der Waals surface area contributed by atoms with Crippen molar-refractivity contribution in [1.82, 2.24) is 10.6 Å². The van der Waals surface area contributed by atoms with Crippen LogP contribution < -0.4 is 15.5 Å². The maximum absolute atomic E-state index is 5.31. The van der Waals surface area contributed by atoms with Crippen LogP contribution in [0.15, 0.2) is 29.3 Å². The molecule has 1 heterocycles. The molecule has 7 heteroatoms. The minimum atomic E-state index is 0. The molecule has 2 N–H and O–H groups in total. The Bertz CT molecular complexity index is 478. The minimum Gasteiger partial charge on any atom is -0.380 e. The van der Waals surface area contributed by atoms with E-state index in [2.05, 4.69) is 44.8 Å². The SMILES string of the molecule is CCOCCNC(=NC)NCc1ccc(N2CCSCC2)cc1.I. The summed E-state index contributed by atoms with van der Waals surface area (Å²) in [5, 5.41) is 6.57. The van der Waals surface area contributed by atoms with Gasteiger partial charge in [-0.15, -0.1) is 24.0 Å². The molecule has 2 rings (SSSR count). The molecule has 1 fully saturated rings. The summed E-state index contributed by atoms with van der Waals surface area (Å²) < 4.78 is 5.31. The maximum atomic E-state index is 5.31. The molecule has 0 spiro atoms. The highest BCUT2D eigenvalue weighted by molar-refractivity contribution is 14.0. The zero-order valence-corrected chi connectivity index (χ0v) is 17.7. The van der Waals surface area contributed by atoms with Crippen LogP contribution in [0.5, 0.6) is 0 Å². The molecular formula is C17H29IN4OS. The summed E-state index contributed by atoms with van der Waals surface area (Å²) in [5.41, 5.74) is 2.58. The van der Waals surface area contributed by atoms with E-state index in [9.17, 15) is 0 Å². The Labute approximate surface area is 167 Å². The van der Waals surface area contributed by atoms with Gasteiger partial charge in [0.2, 0.25) is 0 Å². The van der Waals surface area contributed by atoms with Gasteiger partial charge in [0.1, 0.15) is 0 Å². The van der Waals surface area contributed by atoms with Gasteiger partial charge in [0, 0.05) is 57.0 Å². The summed E-state index contributed by atoms with van der Waals surface area (Å²) in [6.07, 6.45) is 0. The molecule has 0 bridgehead atoms. The lowest BCUT2D eigenvalue weighted by Gasteiger charge is -2.28. The van der Waals surface area contributed by atoms with E-state index in [0.29, 0.717) is 6.61 Å². The number of nitrogens with zero attached hydrogens (tertiary/aromatic N) is 2. The molecule has 24 heavy (non-hydrogen) atoms. The van der Waals surface area contributed by atoms with Gasteiger partial charge in [-0.05, 0) is 24.6 Å². The number of hydrogen-bond donors (Lipinski definition) is 2. The second-order valence-electron chi connectivity index (χ2n) is 5.32. The lowest BCUT2D eigenvalue weighted by Crippen LogP contribution is -2.38. The highest BCUT2D eigenvalue weighted by atomic mass is 127. The van der Waals surface area contributed by atoms with Crippen molar-refractivity contribution in [1.29, 1.82) is 0 Å². The zero-order valence-electron chi connectivity index (χ0n) is 14.6. The van der Waals surface area contributed by atoms with Crippen molar-refractivity contribution < 1.29 is 4.74 Å². The molecule has 0 aromatic heterocycles.